The van der Waals surface area contributed by atoms with Gasteiger partial charge in [0.1, 0.15) is 23.9 Å². The lowest BCUT2D eigenvalue weighted by Crippen LogP contribution is -2.13. The summed E-state index contributed by atoms with van der Waals surface area (Å²) in [6.07, 6.45) is 0. The van der Waals surface area contributed by atoms with Gasteiger partial charge in [-0.2, -0.15) is 5.10 Å². The monoisotopic (exact) mass is 459 g/mol. The van der Waals surface area contributed by atoms with Crippen molar-refractivity contribution in [3.05, 3.63) is 107 Å². The van der Waals surface area contributed by atoms with Crippen molar-refractivity contribution in [1.29, 1.82) is 0 Å². The van der Waals surface area contributed by atoms with Crippen LogP contribution in [0, 0.1) is 19.7 Å². The number of anilines is 1. The highest BCUT2D eigenvalue weighted by atomic mass is 19.1. The second kappa shape index (κ2) is 10.2. The van der Waals surface area contributed by atoms with Gasteiger partial charge in [-0.15, -0.1) is 0 Å². The van der Waals surface area contributed by atoms with E-state index in [9.17, 15) is 9.18 Å². The van der Waals surface area contributed by atoms with Crippen LogP contribution in [0.25, 0.3) is 0 Å². The molecule has 0 aliphatic rings. The number of rotatable bonds is 8. The molecule has 0 radical (unpaired) electrons. The van der Waals surface area contributed by atoms with Crippen molar-refractivity contribution in [2.75, 3.05) is 12.4 Å². The molecule has 0 atom stereocenters. The lowest BCUT2D eigenvalue weighted by atomic mass is 10.1. The first-order chi connectivity index (χ1) is 16.4. The molecule has 0 bridgehead atoms. The summed E-state index contributed by atoms with van der Waals surface area (Å²) in [4.78, 5) is 12.8. The van der Waals surface area contributed by atoms with Gasteiger partial charge >= 0.3 is 0 Å². The average Bonchev–Trinajstić information content (AvgIpc) is 3.12. The van der Waals surface area contributed by atoms with Crippen LogP contribution in [0.15, 0.2) is 72.8 Å². The molecule has 7 heteroatoms. The van der Waals surface area contributed by atoms with Gasteiger partial charge in [-0.05, 0) is 73.5 Å². The van der Waals surface area contributed by atoms with E-state index in [0.29, 0.717) is 24.4 Å². The molecule has 174 valence electrons. The molecule has 1 heterocycles. The molecular formula is C27H26FN3O3. The van der Waals surface area contributed by atoms with Gasteiger partial charge in [0.05, 0.1) is 30.7 Å². The number of halogens is 1. The minimum absolute atomic E-state index is 0.213. The summed E-state index contributed by atoms with van der Waals surface area (Å²) in [6, 6.07) is 21.0. The third-order valence-corrected chi connectivity index (χ3v) is 5.55. The lowest BCUT2D eigenvalue weighted by molar-refractivity contribution is 0.102. The maximum absolute atomic E-state index is 13.2. The molecule has 4 rings (SSSR count). The number of carbonyl (C=O) groups excluding carboxylic acids is 1. The maximum Gasteiger partial charge on any atom is 0.255 e. The summed E-state index contributed by atoms with van der Waals surface area (Å²) in [7, 11) is 1.62. The van der Waals surface area contributed by atoms with Gasteiger partial charge in [-0.25, -0.2) is 4.39 Å². The zero-order chi connectivity index (χ0) is 24.1. The Labute approximate surface area is 198 Å². The molecule has 0 spiro atoms. The van der Waals surface area contributed by atoms with Gasteiger partial charge in [-0.3, -0.25) is 9.48 Å². The van der Waals surface area contributed by atoms with Crippen LogP contribution in [0.3, 0.4) is 0 Å². The third-order valence-electron chi connectivity index (χ3n) is 5.55. The first-order valence-corrected chi connectivity index (χ1v) is 10.9. The van der Waals surface area contributed by atoms with Crippen molar-refractivity contribution >= 4 is 11.6 Å². The van der Waals surface area contributed by atoms with Crippen molar-refractivity contribution in [3.8, 4) is 11.5 Å². The van der Waals surface area contributed by atoms with Gasteiger partial charge in [0.25, 0.3) is 5.91 Å². The van der Waals surface area contributed by atoms with E-state index in [2.05, 4.69) is 10.4 Å². The SMILES string of the molecule is COc1ccc(OCc2ccc(C(=O)Nc3c(C)nn(Cc4ccc(F)cc4)c3C)cc2)cc1. The Morgan fingerprint density at radius 3 is 2.18 bits per heavy atom. The minimum Gasteiger partial charge on any atom is -0.497 e. The summed E-state index contributed by atoms with van der Waals surface area (Å²) in [5.41, 5.74) is 4.65. The highest BCUT2D eigenvalue weighted by Crippen LogP contribution is 2.22. The number of hydrogen-bond donors (Lipinski definition) is 1. The number of aromatic nitrogens is 2. The van der Waals surface area contributed by atoms with Gasteiger partial charge in [0.15, 0.2) is 0 Å². The largest absolute Gasteiger partial charge is 0.497 e. The average molecular weight is 460 g/mol. The Balaban J connectivity index is 1.38. The van der Waals surface area contributed by atoms with Crippen molar-refractivity contribution in [1.82, 2.24) is 9.78 Å². The summed E-state index contributed by atoms with van der Waals surface area (Å²) in [5.74, 6) is 1.03. The normalized spacial score (nSPS) is 10.7. The van der Waals surface area contributed by atoms with Crippen LogP contribution in [0.1, 0.15) is 32.9 Å². The summed E-state index contributed by atoms with van der Waals surface area (Å²) in [6.45, 7) is 4.64. The molecular weight excluding hydrogens is 433 g/mol. The summed E-state index contributed by atoms with van der Waals surface area (Å²) in [5, 5.41) is 7.51. The first-order valence-electron chi connectivity index (χ1n) is 10.9. The fraction of sp³-hybridized carbons (Fsp3) is 0.185. The quantitative estimate of drug-likeness (QED) is 0.376. The topological polar surface area (TPSA) is 65.4 Å². The second-order valence-corrected chi connectivity index (χ2v) is 7.95. The Morgan fingerprint density at radius 2 is 1.53 bits per heavy atom. The standard InChI is InChI=1S/C27H26FN3O3/c1-18-26(19(2)31(30-18)16-20-6-10-23(28)11-7-20)29-27(32)22-8-4-21(5-9-22)17-34-25-14-12-24(33-3)13-15-25/h4-15H,16-17H2,1-3H3,(H,29,32). The van der Waals surface area contributed by atoms with Crippen molar-refractivity contribution < 1.29 is 18.7 Å². The molecule has 3 aromatic carbocycles. The second-order valence-electron chi connectivity index (χ2n) is 7.95. The van der Waals surface area contributed by atoms with E-state index in [1.54, 1.807) is 36.1 Å². The predicted octanol–water partition coefficient (Wildman–Crippen LogP) is 5.53. The highest BCUT2D eigenvalue weighted by Gasteiger charge is 2.15. The summed E-state index contributed by atoms with van der Waals surface area (Å²) >= 11 is 0. The van der Waals surface area contributed by atoms with Crippen molar-refractivity contribution in [2.24, 2.45) is 0 Å². The zero-order valence-corrected chi connectivity index (χ0v) is 19.3. The van der Waals surface area contributed by atoms with Crippen LogP contribution >= 0.6 is 0 Å². The molecule has 0 aliphatic carbocycles. The van der Waals surface area contributed by atoms with E-state index >= 15 is 0 Å². The van der Waals surface area contributed by atoms with Crippen LogP contribution in [-0.4, -0.2) is 22.8 Å². The van der Waals surface area contributed by atoms with Crippen LogP contribution in [-0.2, 0) is 13.2 Å². The number of aryl methyl sites for hydroxylation is 1. The molecule has 1 aromatic heterocycles. The van der Waals surface area contributed by atoms with E-state index in [0.717, 1.165) is 34.0 Å². The molecule has 0 saturated carbocycles. The molecule has 0 unspecified atom stereocenters. The molecule has 1 N–H and O–H groups in total. The predicted molar refractivity (Wildman–Crippen MR) is 129 cm³/mol. The van der Waals surface area contributed by atoms with Crippen molar-refractivity contribution in [3.63, 3.8) is 0 Å². The number of benzene rings is 3. The van der Waals surface area contributed by atoms with Gasteiger partial charge < -0.3 is 14.8 Å². The molecule has 4 aromatic rings. The fourth-order valence-corrected chi connectivity index (χ4v) is 3.57. The Hall–Kier alpha value is -4.13. The Bertz CT molecular complexity index is 1260. The number of nitrogens with zero attached hydrogens (tertiary/aromatic N) is 2. The third kappa shape index (κ3) is 5.43. The lowest BCUT2D eigenvalue weighted by Gasteiger charge is -2.09. The van der Waals surface area contributed by atoms with Gasteiger partial charge in [0, 0.05) is 5.56 Å². The van der Waals surface area contributed by atoms with Crippen LogP contribution in [0.5, 0.6) is 11.5 Å². The Morgan fingerprint density at radius 1 is 0.912 bits per heavy atom. The molecule has 34 heavy (non-hydrogen) atoms. The van der Waals surface area contributed by atoms with E-state index in [-0.39, 0.29) is 11.7 Å². The number of hydrogen-bond acceptors (Lipinski definition) is 4. The van der Waals surface area contributed by atoms with E-state index in [1.165, 1.54) is 12.1 Å². The minimum atomic E-state index is -0.275. The van der Waals surface area contributed by atoms with E-state index in [1.807, 2.05) is 50.2 Å². The maximum atomic E-state index is 13.2. The number of methoxy groups -OCH3 is 1. The van der Waals surface area contributed by atoms with Crippen molar-refractivity contribution in [2.45, 2.75) is 27.0 Å². The van der Waals surface area contributed by atoms with Gasteiger partial charge in [0.2, 0.25) is 0 Å². The van der Waals surface area contributed by atoms with Crippen LogP contribution in [0.4, 0.5) is 10.1 Å². The molecule has 0 fully saturated rings. The molecule has 0 saturated heterocycles. The summed E-state index contributed by atoms with van der Waals surface area (Å²) < 4.78 is 25.9. The highest BCUT2D eigenvalue weighted by molar-refractivity contribution is 6.04. The number of ether oxygens (including phenoxy) is 2. The van der Waals surface area contributed by atoms with Crippen LogP contribution in [0.2, 0.25) is 0 Å². The number of amides is 1. The van der Waals surface area contributed by atoms with Gasteiger partial charge in [-0.1, -0.05) is 24.3 Å². The van der Waals surface area contributed by atoms with E-state index < -0.39 is 0 Å². The zero-order valence-electron chi connectivity index (χ0n) is 19.3. The first kappa shape index (κ1) is 23.0. The molecule has 6 nitrogen and oxygen atoms in total. The number of nitrogens with one attached hydrogen (secondary N) is 1. The van der Waals surface area contributed by atoms with Crippen LogP contribution < -0.4 is 14.8 Å². The number of carbonyl (C=O) groups is 1. The fourth-order valence-electron chi connectivity index (χ4n) is 3.57. The molecule has 1 amide bonds. The van der Waals surface area contributed by atoms with E-state index in [4.69, 9.17) is 9.47 Å². The molecule has 0 aliphatic heterocycles. The Kier molecular flexibility index (Phi) is 6.92. The smallest absolute Gasteiger partial charge is 0.255 e.